The van der Waals surface area contributed by atoms with E-state index in [-0.39, 0.29) is 23.7 Å². The highest BCUT2D eigenvalue weighted by Crippen LogP contribution is 2.45. The Hall–Kier alpha value is -4.97. The highest BCUT2D eigenvalue weighted by Gasteiger charge is 2.42. The Morgan fingerprint density at radius 2 is 1.78 bits per heavy atom. The van der Waals surface area contributed by atoms with Gasteiger partial charge in [0.15, 0.2) is 5.11 Å². The molecule has 5 rings (SSSR count). The molecule has 11 nitrogen and oxygen atoms in total. The van der Waals surface area contributed by atoms with Gasteiger partial charge in [-0.05, 0) is 68.0 Å². The molecule has 2 N–H and O–H groups in total. The molecule has 1 aliphatic heterocycles. The molecular formula is C33H36N6O5S. The number of nitrogens with zero attached hydrogens (tertiary/aromatic N) is 4. The van der Waals surface area contributed by atoms with Gasteiger partial charge in [-0.3, -0.25) is 19.9 Å². The zero-order valence-corrected chi connectivity index (χ0v) is 27.1. The number of anilines is 2. The molecule has 2 aromatic heterocycles. The molecule has 1 saturated heterocycles. The van der Waals surface area contributed by atoms with Crippen molar-refractivity contribution in [2.45, 2.75) is 46.7 Å². The zero-order chi connectivity index (χ0) is 32.6. The van der Waals surface area contributed by atoms with Gasteiger partial charge in [0.1, 0.15) is 11.5 Å². The number of thiocarbonyl (C=S) groups is 1. The number of nitro benzene ring substituents is 1. The summed E-state index contributed by atoms with van der Waals surface area (Å²) < 4.78 is 13.3. The first-order valence-corrected chi connectivity index (χ1v) is 14.8. The summed E-state index contributed by atoms with van der Waals surface area (Å²) in [7, 11) is 3.10. The van der Waals surface area contributed by atoms with Crippen LogP contribution in [-0.2, 0) is 4.79 Å². The van der Waals surface area contributed by atoms with E-state index in [2.05, 4.69) is 21.7 Å². The van der Waals surface area contributed by atoms with E-state index in [0.29, 0.717) is 28.0 Å². The number of nitro groups is 1. The van der Waals surface area contributed by atoms with Crippen LogP contribution in [0.3, 0.4) is 0 Å². The van der Waals surface area contributed by atoms with Crippen LogP contribution in [0.25, 0.3) is 5.69 Å². The number of non-ortho nitro benzene ring substituents is 1. The van der Waals surface area contributed by atoms with Gasteiger partial charge in [0.2, 0.25) is 5.91 Å². The SMILES string of the molecule is COc1cc(N2C(=S)NC(c3ccccn3)C2c2cc(C)n(-c3cc([N+](=O)[O-])ccc3OC)c2C)ccc1NC(=O)C(C)(C)C. The fourth-order valence-corrected chi connectivity index (χ4v) is 5.96. The lowest BCUT2D eigenvalue weighted by molar-refractivity contribution is -0.384. The third-order valence-corrected chi connectivity index (χ3v) is 8.21. The highest BCUT2D eigenvalue weighted by molar-refractivity contribution is 7.80. The Morgan fingerprint density at radius 3 is 2.40 bits per heavy atom. The standard InChI is InChI=1S/C33H36N6O5S/c1-19-16-23(20(2)37(19)26-17-22(39(41)42)12-14-27(26)43-6)30-29(25-10-8-9-15-34-25)36-32(45)38(30)21-11-13-24(28(18-21)44-7)35-31(40)33(3,4)5/h8-18,29-30H,1-7H3,(H,35,40)(H,36,45). The number of aromatic nitrogens is 2. The van der Waals surface area contributed by atoms with Crippen LogP contribution in [-0.4, -0.2) is 39.7 Å². The number of hydrogen-bond donors (Lipinski definition) is 2. The fourth-order valence-electron chi connectivity index (χ4n) is 5.62. The summed E-state index contributed by atoms with van der Waals surface area (Å²) in [6.45, 7) is 9.46. The van der Waals surface area contributed by atoms with E-state index in [1.807, 2.05) is 80.5 Å². The molecule has 4 aromatic rings. The fraction of sp³-hybridized carbons (Fsp3) is 0.303. The van der Waals surface area contributed by atoms with Gasteiger partial charge in [-0.25, -0.2) is 0 Å². The average molecular weight is 629 g/mol. The number of hydrogen-bond acceptors (Lipinski definition) is 7. The molecule has 0 radical (unpaired) electrons. The molecule has 3 heterocycles. The second-order valence-electron chi connectivity index (χ2n) is 11.9. The van der Waals surface area contributed by atoms with Crippen LogP contribution in [0.1, 0.15) is 55.5 Å². The van der Waals surface area contributed by atoms with Crippen LogP contribution in [0.2, 0.25) is 0 Å². The molecule has 1 aliphatic rings. The van der Waals surface area contributed by atoms with Crippen molar-refractivity contribution in [3.63, 3.8) is 0 Å². The minimum Gasteiger partial charge on any atom is -0.495 e. The molecule has 2 aromatic carbocycles. The predicted molar refractivity (Wildman–Crippen MR) is 177 cm³/mol. The summed E-state index contributed by atoms with van der Waals surface area (Å²) in [4.78, 5) is 30.7. The molecular weight excluding hydrogens is 592 g/mol. The van der Waals surface area contributed by atoms with Gasteiger partial charge in [-0.15, -0.1) is 0 Å². The number of carbonyl (C=O) groups is 1. The minimum absolute atomic E-state index is 0.0396. The third-order valence-electron chi connectivity index (χ3n) is 7.89. The third kappa shape index (κ3) is 5.93. The Morgan fingerprint density at radius 1 is 1.04 bits per heavy atom. The van der Waals surface area contributed by atoms with Crippen molar-refractivity contribution in [2.75, 3.05) is 24.4 Å². The Balaban J connectivity index is 1.66. The number of rotatable bonds is 8. The van der Waals surface area contributed by atoms with E-state index in [1.165, 1.54) is 12.1 Å². The van der Waals surface area contributed by atoms with Gasteiger partial charge >= 0.3 is 0 Å². The summed E-state index contributed by atoms with van der Waals surface area (Å²) in [5.41, 5.74) is 4.68. The Bertz CT molecular complexity index is 1780. The normalized spacial score (nSPS) is 16.3. The van der Waals surface area contributed by atoms with Crippen molar-refractivity contribution in [1.29, 1.82) is 0 Å². The summed E-state index contributed by atoms with van der Waals surface area (Å²) >= 11 is 5.94. The maximum atomic E-state index is 12.8. The first-order chi connectivity index (χ1) is 21.3. The van der Waals surface area contributed by atoms with Gasteiger partial charge in [0.25, 0.3) is 5.69 Å². The molecule has 1 fully saturated rings. The maximum absolute atomic E-state index is 12.8. The maximum Gasteiger partial charge on any atom is 0.271 e. The number of ether oxygens (including phenoxy) is 2. The lowest BCUT2D eigenvalue weighted by Gasteiger charge is -2.29. The second-order valence-corrected chi connectivity index (χ2v) is 12.2. The molecule has 0 saturated carbocycles. The van der Waals surface area contributed by atoms with Gasteiger partial charge in [0, 0.05) is 46.9 Å². The van der Waals surface area contributed by atoms with Crippen molar-refractivity contribution < 1.29 is 19.2 Å². The van der Waals surface area contributed by atoms with Gasteiger partial charge in [-0.1, -0.05) is 26.8 Å². The van der Waals surface area contributed by atoms with Crippen LogP contribution < -0.4 is 25.0 Å². The molecule has 0 aliphatic carbocycles. The lowest BCUT2D eigenvalue weighted by Crippen LogP contribution is -2.30. The average Bonchev–Trinajstić information content (AvgIpc) is 3.51. The Labute approximate surface area is 267 Å². The topological polar surface area (TPSA) is 124 Å². The molecule has 12 heteroatoms. The van der Waals surface area contributed by atoms with Crippen LogP contribution in [0.4, 0.5) is 17.1 Å². The van der Waals surface area contributed by atoms with E-state index in [1.54, 1.807) is 26.5 Å². The molecule has 2 atom stereocenters. The molecule has 2 unspecified atom stereocenters. The van der Waals surface area contributed by atoms with Crippen molar-refractivity contribution in [3.05, 3.63) is 99.6 Å². The van der Waals surface area contributed by atoms with Crippen molar-refractivity contribution in [3.8, 4) is 17.2 Å². The van der Waals surface area contributed by atoms with E-state index in [9.17, 15) is 14.9 Å². The molecule has 234 valence electrons. The summed E-state index contributed by atoms with van der Waals surface area (Å²) in [5, 5.41) is 18.6. The smallest absolute Gasteiger partial charge is 0.271 e. The first-order valence-electron chi connectivity index (χ1n) is 14.4. The number of amides is 1. The van der Waals surface area contributed by atoms with E-state index < -0.39 is 10.3 Å². The quantitative estimate of drug-likeness (QED) is 0.127. The van der Waals surface area contributed by atoms with Crippen molar-refractivity contribution >= 4 is 40.3 Å². The van der Waals surface area contributed by atoms with E-state index in [0.717, 1.165) is 28.3 Å². The summed E-state index contributed by atoms with van der Waals surface area (Å²) in [6.07, 6.45) is 1.74. The number of methoxy groups -OCH3 is 2. The van der Waals surface area contributed by atoms with Crippen LogP contribution in [0, 0.1) is 29.4 Å². The number of carbonyl (C=O) groups excluding carboxylic acids is 1. The van der Waals surface area contributed by atoms with E-state index in [4.69, 9.17) is 21.7 Å². The second kappa shape index (κ2) is 12.2. The van der Waals surface area contributed by atoms with Crippen LogP contribution >= 0.6 is 12.2 Å². The molecule has 45 heavy (non-hydrogen) atoms. The summed E-state index contributed by atoms with van der Waals surface area (Å²) in [5.74, 6) is 0.855. The van der Waals surface area contributed by atoms with Gasteiger partial charge < -0.3 is 29.6 Å². The van der Waals surface area contributed by atoms with Crippen LogP contribution in [0.5, 0.6) is 11.5 Å². The molecule has 0 spiro atoms. The van der Waals surface area contributed by atoms with Crippen molar-refractivity contribution in [2.24, 2.45) is 5.41 Å². The van der Waals surface area contributed by atoms with Gasteiger partial charge in [0.05, 0.1) is 48.3 Å². The van der Waals surface area contributed by atoms with E-state index >= 15 is 0 Å². The number of benzene rings is 2. The predicted octanol–water partition coefficient (Wildman–Crippen LogP) is 6.58. The summed E-state index contributed by atoms with van der Waals surface area (Å²) in [6, 6.07) is 17.2. The lowest BCUT2D eigenvalue weighted by atomic mass is 9.95. The monoisotopic (exact) mass is 628 g/mol. The zero-order valence-electron chi connectivity index (χ0n) is 26.2. The molecule has 0 bridgehead atoms. The van der Waals surface area contributed by atoms with Gasteiger partial charge in [-0.2, -0.15) is 0 Å². The number of pyridine rings is 1. The van der Waals surface area contributed by atoms with Crippen molar-refractivity contribution in [1.82, 2.24) is 14.9 Å². The number of nitrogens with one attached hydrogen (secondary N) is 2. The first kappa shape index (κ1) is 31.5. The largest absolute Gasteiger partial charge is 0.495 e. The minimum atomic E-state index is -0.588. The number of aryl methyl sites for hydroxylation is 1. The van der Waals surface area contributed by atoms with Crippen LogP contribution in [0.15, 0.2) is 66.9 Å². The Kier molecular flexibility index (Phi) is 8.53. The highest BCUT2D eigenvalue weighted by atomic mass is 32.1. The molecule has 1 amide bonds.